The maximum absolute atomic E-state index is 8.90. The highest BCUT2D eigenvalue weighted by Crippen LogP contribution is 2.47. The van der Waals surface area contributed by atoms with E-state index in [1.807, 2.05) is 24.3 Å². The Kier molecular flexibility index (Phi) is 2.01. The Morgan fingerprint density at radius 2 is 2.23 bits per heavy atom. The first-order valence-electron chi connectivity index (χ1n) is 4.40. The van der Waals surface area contributed by atoms with Crippen LogP contribution in [0.5, 0.6) is 0 Å². The Morgan fingerprint density at radius 3 is 2.77 bits per heavy atom. The molecule has 2 rings (SSSR count). The van der Waals surface area contributed by atoms with Crippen LogP contribution in [0.15, 0.2) is 24.3 Å². The Morgan fingerprint density at radius 1 is 1.46 bits per heavy atom. The molecule has 0 spiro atoms. The van der Waals surface area contributed by atoms with Crippen molar-refractivity contribution in [2.24, 2.45) is 5.41 Å². The van der Waals surface area contributed by atoms with Gasteiger partial charge in [0.05, 0.1) is 11.5 Å². The lowest BCUT2D eigenvalue weighted by Crippen LogP contribution is -2.00. The Bertz CT molecular complexity index is 361. The van der Waals surface area contributed by atoms with Crippen LogP contribution in [-0.4, -0.2) is 0 Å². The zero-order valence-corrected chi connectivity index (χ0v) is 8.01. The summed E-state index contributed by atoms with van der Waals surface area (Å²) in [5, 5.41) is 9.66. The molecular formula is C11H10ClN. The lowest BCUT2D eigenvalue weighted by Gasteiger charge is -2.05. The predicted molar refractivity (Wildman–Crippen MR) is 52.4 cm³/mol. The highest BCUT2D eigenvalue weighted by Gasteiger charge is 2.42. The summed E-state index contributed by atoms with van der Waals surface area (Å²) in [6.45, 7) is 0. The number of hydrogen-bond acceptors (Lipinski definition) is 1. The third-order valence-electron chi connectivity index (χ3n) is 2.52. The van der Waals surface area contributed by atoms with E-state index >= 15 is 0 Å². The smallest absolute Gasteiger partial charge is 0.0693 e. The zero-order chi connectivity index (χ0) is 9.31. The average molecular weight is 192 g/mol. The number of nitrogens with zero attached hydrogens (tertiary/aromatic N) is 1. The number of benzene rings is 1. The summed E-state index contributed by atoms with van der Waals surface area (Å²) in [6.07, 6.45) is 2.93. The van der Waals surface area contributed by atoms with E-state index in [1.165, 1.54) is 5.56 Å². The van der Waals surface area contributed by atoms with Gasteiger partial charge in [-0.1, -0.05) is 23.7 Å². The average Bonchev–Trinajstić information content (AvgIpc) is 2.86. The van der Waals surface area contributed by atoms with Crippen molar-refractivity contribution in [2.45, 2.75) is 19.3 Å². The number of rotatable bonds is 2. The zero-order valence-electron chi connectivity index (χ0n) is 7.26. The second-order valence-electron chi connectivity index (χ2n) is 3.70. The molecule has 1 aromatic carbocycles. The molecule has 0 aromatic heterocycles. The third kappa shape index (κ3) is 1.84. The molecule has 0 aliphatic heterocycles. The van der Waals surface area contributed by atoms with Crippen molar-refractivity contribution in [2.75, 3.05) is 0 Å². The quantitative estimate of drug-likeness (QED) is 0.705. The molecule has 2 heteroatoms. The molecule has 1 aromatic rings. The van der Waals surface area contributed by atoms with Gasteiger partial charge in [-0.25, -0.2) is 0 Å². The van der Waals surface area contributed by atoms with Crippen LogP contribution < -0.4 is 0 Å². The maximum atomic E-state index is 8.90. The Balaban J connectivity index is 2.15. The second kappa shape index (κ2) is 3.05. The van der Waals surface area contributed by atoms with Gasteiger partial charge in [0.1, 0.15) is 0 Å². The molecule has 0 saturated heterocycles. The van der Waals surface area contributed by atoms with Gasteiger partial charge in [-0.2, -0.15) is 5.26 Å². The van der Waals surface area contributed by atoms with Gasteiger partial charge in [0.15, 0.2) is 0 Å². The van der Waals surface area contributed by atoms with Gasteiger partial charge in [0, 0.05) is 5.02 Å². The molecule has 1 nitrogen and oxygen atoms in total. The van der Waals surface area contributed by atoms with Gasteiger partial charge in [-0.05, 0) is 37.0 Å². The molecular weight excluding hydrogens is 182 g/mol. The van der Waals surface area contributed by atoms with Gasteiger partial charge >= 0.3 is 0 Å². The maximum Gasteiger partial charge on any atom is 0.0693 e. The number of halogens is 1. The summed E-state index contributed by atoms with van der Waals surface area (Å²) in [4.78, 5) is 0. The van der Waals surface area contributed by atoms with Crippen LogP contribution >= 0.6 is 11.6 Å². The van der Waals surface area contributed by atoms with Gasteiger partial charge in [0.2, 0.25) is 0 Å². The summed E-state index contributed by atoms with van der Waals surface area (Å²) in [6, 6.07) is 10.1. The summed E-state index contributed by atoms with van der Waals surface area (Å²) in [5.41, 5.74) is 1.11. The molecule has 1 fully saturated rings. The van der Waals surface area contributed by atoms with Crippen LogP contribution in [0.3, 0.4) is 0 Å². The molecule has 66 valence electrons. The van der Waals surface area contributed by atoms with Gasteiger partial charge in [-0.3, -0.25) is 0 Å². The Hall–Kier alpha value is -1.00. The minimum absolute atomic E-state index is 0.0648. The summed E-state index contributed by atoms with van der Waals surface area (Å²) >= 11 is 5.85. The van der Waals surface area contributed by atoms with Crippen molar-refractivity contribution in [1.29, 1.82) is 5.26 Å². The molecule has 0 atom stereocenters. The summed E-state index contributed by atoms with van der Waals surface area (Å²) < 4.78 is 0. The van der Waals surface area contributed by atoms with Crippen LogP contribution in [0, 0.1) is 16.7 Å². The van der Waals surface area contributed by atoms with Crippen LogP contribution in [0.4, 0.5) is 0 Å². The lowest BCUT2D eigenvalue weighted by molar-refractivity contribution is 0.665. The van der Waals surface area contributed by atoms with Gasteiger partial charge < -0.3 is 0 Å². The van der Waals surface area contributed by atoms with E-state index in [9.17, 15) is 0 Å². The molecule has 0 bridgehead atoms. The molecule has 0 N–H and O–H groups in total. The van der Waals surface area contributed by atoms with Crippen molar-refractivity contribution in [3.63, 3.8) is 0 Å². The van der Waals surface area contributed by atoms with Gasteiger partial charge in [-0.15, -0.1) is 0 Å². The molecule has 0 amide bonds. The fraction of sp³-hybridized carbons (Fsp3) is 0.364. The minimum Gasteiger partial charge on any atom is -0.198 e. The first-order chi connectivity index (χ1) is 6.24. The normalized spacial score (nSPS) is 17.8. The first-order valence-corrected chi connectivity index (χ1v) is 4.78. The molecule has 0 radical (unpaired) electrons. The SMILES string of the molecule is N#CC1(Cc2cccc(Cl)c2)CC1. The van der Waals surface area contributed by atoms with E-state index in [2.05, 4.69) is 6.07 Å². The lowest BCUT2D eigenvalue weighted by atomic mass is 9.98. The van der Waals surface area contributed by atoms with Crippen molar-refractivity contribution in [3.05, 3.63) is 34.9 Å². The van der Waals surface area contributed by atoms with Gasteiger partial charge in [0.25, 0.3) is 0 Å². The fourth-order valence-corrected chi connectivity index (χ4v) is 1.73. The van der Waals surface area contributed by atoms with Crippen LogP contribution in [-0.2, 0) is 6.42 Å². The van der Waals surface area contributed by atoms with Crippen molar-refractivity contribution >= 4 is 11.6 Å². The number of nitriles is 1. The summed E-state index contributed by atoms with van der Waals surface area (Å²) in [7, 11) is 0. The van der Waals surface area contributed by atoms with Crippen LogP contribution in [0.25, 0.3) is 0 Å². The highest BCUT2D eigenvalue weighted by molar-refractivity contribution is 6.30. The van der Waals surface area contributed by atoms with E-state index in [-0.39, 0.29) is 5.41 Å². The van der Waals surface area contributed by atoms with Crippen molar-refractivity contribution in [3.8, 4) is 6.07 Å². The minimum atomic E-state index is -0.0648. The van der Waals surface area contributed by atoms with Crippen LogP contribution in [0.1, 0.15) is 18.4 Å². The van der Waals surface area contributed by atoms with E-state index in [4.69, 9.17) is 16.9 Å². The van der Waals surface area contributed by atoms with Crippen LogP contribution in [0.2, 0.25) is 5.02 Å². The standard InChI is InChI=1S/C11H10ClN/c12-10-3-1-2-9(6-10)7-11(8-13)4-5-11/h1-3,6H,4-5,7H2. The molecule has 1 aliphatic carbocycles. The molecule has 0 unspecified atom stereocenters. The highest BCUT2D eigenvalue weighted by atomic mass is 35.5. The Labute approximate surface area is 82.9 Å². The molecule has 0 heterocycles. The number of hydrogen-bond donors (Lipinski definition) is 0. The second-order valence-corrected chi connectivity index (χ2v) is 4.14. The predicted octanol–water partition coefficient (Wildman–Crippen LogP) is 3.19. The topological polar surface area (TPSA) is 23.8 Å². The van der Waals surface area contributed by atoms with E-state index in [0.29, 0.717) is 0 Å². The van der Waals surface area contributed by atoms with Crippen molar-refractivity contribution < 1.29 is 0 Å². The molecule has 1 saturated carbocycles. The first kappa shape index (κ1) is 8.59. The van der Waals surface area contributed by atoms with E-state index in [1.54, 1.807) is 0 Å². The molecule has 13 heavy (non-hydrogen) atoms. The largest absolute Gasteiger partial charge is 0.198 e. The monoisotopic (exact) mass is 191 g/mol. The summed E-state index contributed by atoms with van der Waals surface area (Å²) in [5.74, 6) is 0. The molecule has 1 aliphatic rings. The fourth-order valence-electron chi connectivity index (χ4n) is 1.52. The van der Waals surface area contributed by atoms with Crippen molar-refractivity contribution in [1.82, 2.24) is 0 Å². The third-order valence-corrected chi connectivity index (χ3v) is 2.76. The van der Waals surface area contributed by atoms with E-state index < -0.39 is 0 Å². The van der Waals surface area contributed by atoms with E-state index in [0.717, 1.165) is 24.3 Å².